The van der Waals surface area contributed by atoms with Gasteiger partial charge in [-0.2, -0.15) is 0 Å². The number of piperidine rings is 1. The van der Waals surface area contributed by atoms with Crippen LogP contribution in [0, 0.1) is 10.8 Å². The number of nitrogens with zero attached hydrogens (tertiary/aromatic N) is 3. The van der Waals surface area contributed by atoms with E-state index < -0.39 is 0 Å². The van der Waals surface area contributed by atoms with Crippen LogP contribution in [-0.2, 0) is 11.3 Å². The van der Waals surface area contributed by atoms with Crippen LogP contribution in [-0.4, -0.2) is 67.2 Å². The molecule has 3 aromatic rings. The second kappa shape index (κ2) is 15.7. The molecule has 0 atom stereocenters. The standard InChI is InChI=1S/C29H36N6O2.3ClH/c1-20(30)34-14-12-27(13-15-34)37-26-10-8-25(9-11-26)35(28(36)19-33(2)3)18-21-4-5-22-6-7-23(29(31)32)17-24(22)16-21;;;/h4-11,16-17,27,30H,12-15,18-19H2,1-3H3,(H3,31,32);3*1H. The average molecular weight is 610 g/mol. The Morgan fingerprint density at radius 3 is 2.15 bits per heavy atom. The first-order valence-corrected chi connectivity index (χ1v) is 12.6. The van der Waals surface area contributed by atoms with Gasteiger partial charge >= 0.3 is 0 Å². The van der Waals surface area contributed by atoms with Crippen molar-refractivity contribution in [2.24, 2.45) is 5.73 Å². The number of benzene rings is 3. The van der Waals surface area contributed by atoms with Crippen molar-refractivity contribution in [3.05, 3.63) is 71.8 Å². The van der Waals surface area contributed by atoms with Gasteiger partial charge in [0.1, 0.15) is 17.7 Å². The molecule has 1 aliphatic rings. The Balaban J connectivity index is 0.00000267. The lowest BCUT2D eigenvalue weighted by Gasteiger charge is -2.33. The summed E-state index contributed by atoms with van der Waals surface area (Å²) < 4.78 is 6.20. The number of halogens is 3. The summed E-state index contributed by atoms with van der Waals surface area (Å²) in [6.45, 7) is 4.22. The van der Waals surface area contributed by atoms with E-state index in [-0.39, 0.29) is 55.1 Å². The minimum absolute atomic E-state index is 0. The predicted octanol–water partition coefficient (Wildman–Crippen LogP) is 5.32. The van der Waals surface area contributed by atoms with Crippen LogP contribution < -0.4 is 15.4 Å². The van der Waals surface area contributed by atoms with Gasteiger partial charge in [0.05, 0.1) is 18.9 Å². The Hall–Kier alpha value is -3.04. The summed E-state index contributed by atoms with van der Waals surface area (Å²) >= 11 is 0. The van der Waals surface area contributed by atoms with E-state index in [1.165, 1.54) is 0 Å². The number of nitrogens with one attached hydrogen (secondary N) is 2. The zero-order chi connectivity index (χ0) is 26.5. The summed E-state index contributed by atoms with van der Waals surface area (Å²) in [6.07, 6.45) is 1.91. The zero-order valence-corrected chi connectivity index (χ0v) is 25.5. The Labute approximate surface area is 255 Å². The Morgan fingerprint density at radius 2 is 1.57 bits per heavy atom. The van der Waals surface area contributed by atoms with E-state index in [1.807, 2.05) is 80.5 Å². The Bertz CT molecular complexity index is 1290. The molecule has 4 N–H and O–H groups in total. The van der Waals surface area contributed by atoms with Gasteiger partial charge in [0.2, 0.25) is 5.91 Å². The van der Waals surface area contributed by atoms with Crippen LogP contribution in [0.15, 0.2) is 60.7 Å². The van der Waals surface area contributed by atoms with Gasteiger partial charge in [-0.05, 0) is 73.8 Å². The number of nitrogen functional groups attached to an aromatic ring is 1. The number of likely N-dealkylation sites (tertiary alicyclic amines) is 1. The van der Waals surface area contributed by atoms with Crippen LogP contribution in [0.2, 0.25) is 0 Å². The Morgan fingerprint density at radius 1 is 0.950 bits per heavy atom. The number of nitrogens with two attached hydrogens (primary N) is 1. The fourth-order valence-electron chi connectivity index (χ4n) is 4.63. The number of carbonyl (C=O) groups is 1. The number of anilines is 1. The second-order valence-electron chi connectivity index (χ2n) is 9.91. The molecule has 0 unspecified atom stereocenters. The highest BCUT2D eigenvalue weighted by atomic mass is 35.5. The quantitative estimate of drug-likeness (QED) is 0.236. The van der Waals surface area contributed by atoms with Crippen molar-refractivity contribution in [2.75, 3.05) is 38.6 Å². The molecule has 0 aromatic heterocycles. The van der Waals surface area contributed by atoms with Crippen molar-refractivity contribution < 1.29 is 9.53 Å². The van der Waals surface area contributed by atoms with Crippen LogP contribution >= 0.6 is 37.2 Å². The van der Waals surface area contributed by atoms with E-state index in [4.69, 9.17) is 21.3 Å². The number of hydrogen-bond acceptors (Lipinski definition) is 5. The molecule has 11 heteroatoms. The van der Waals surface area contributed by atoms with Crippen LogP contribution in [0.3, 0.4) is 0 Å². The number of ether oxygens (including phenoxy) is 1. The SMILES string of the molecule is CC(=N)N1CCC(Oc2ccc(N(Cc3ccc4ccc(C(=N)N)cc4c3)C(=O)CN(C)C)cc2)CC1.Cl.Cl.Cl. The largest absolute Gasteiger partial charge is 0.490 e. The highest BCUT2D eigenvalue weighted by Crippen LogP contribution is 2.26. The number of rotatable bonds is 8. The molecule has 1 amide bonds. The van der Waals surface area contributed by atoms with Crippen molar-refractivity contribution in [1.29, 1.82) is 10.8 Å². The van der Waals surface area contributed by atoms with Crippen molar-refractivity contribution >= 4 is 71.3 Å². The molecule has 1 heterocycles. The molecule has 8 nitrogen and oxygen atoms in total. The number of amidine groups is 2. The first-order valence-electron chi connectivity index (χ1n) is 12.6. The molecular formula is C29H39Cl3N6O2. The minimum Gasteiger partial charge on any atom is -0.490 e. The summed E-state index contributed by atoms with van der Waals surface area (Å²) in [7, 11) is 3.77. The monoisotopic (exact) mass is 608 g/mol. The van der Waals surface area contributed by atoms with Gasteiger partial charge in [-0.25, -0.2) is 0 Å². The summed E-state index contributed by atoms with van der Waals surface area (Å²) in [5, 5.41) is 17.6. The fraction of sp³-hybridized carbons (Fsp3) is 0.345. The lowest BCUT2D eigenvalue weighted by Crippen LogP contribution is -2.40. The molecular weight excluding hydrogens is 571 g/mol. The smallest absolute Gasteiger partial charge is 0.241 e. The van der Waals surface area contributed by atoms with E-state index in [9.17, 15) is 4.79 Å². The van der Waals surface area contributed by atoms with Gasteiger partial charge in [0.15, 0.2) is 0 Å². The molecule has 218 valence electrons. The average Bonchev–Trinajstić information content (AvgIpc) is 2.87. The third-order valence-corrected chi connectivity index (χ3v) is 6.68. The molecule has 1 aliphatic heterocycles. The summed E-state index contributed by atoms with van der Waals surface area (Å²) in [5.41, 5.74) is 8.17. The normalized spacial score (nSPS) is 13.1. The number of amides is 1. The summed E-state index contributed by atoms with van der Waals surface area (Å²) in [6, 6.07) is 19.6. The van der Waals surface area contributed by atoms with Crippen molar-refractivity contribution in [3.63, 3.8) is 0 Å². The van der Waals surface area contributed by atoms with Crippen molar-refractivity contribution in [2.45, 2.75) is 32.4 Å². The molecule has 0 spiro atoms. The topological polar surface area (TPSA) is 110 Å². The minimum atomic E-state index is 0. The highest BCUT2D eigenvalue weighted by molar-refractivity contribution is 5.99. The fourth-order valence-corrected chi connectivity index (χ4v) is 4.63. The first kappa shape index (κ1) is 35.0. The van der Waals surface area contributed by atoms with Gasteiger partial charge in [-0.1, -0.05) is 24.3 Å². The molecule has 0 radical (unpaired) electrons. The maximum Gasteiger partial charge on any atom is 0.241 e. The molecule has 40 heavy (non-hydrogen) atoms. The van der Waals surface area contributed by atoms with Gasteiger partial charge in [0.25, 0.3) is 0 Å². The van der Waals surface area contributed by atoms with E-state index in [0.29, 0.717) is 24.5 Å². The van der Waals surface area contributed by atoms with E-state index in [2.05, 4.69) is 11.0 Å². The lowest BCUT2D eigenvalue weighted by molar-refractivity contribution is -0.119. The van der Waals surface area contributed by atoms with Crippen molar-refractivity contribution in [1.82, 2.24) is 9.80 Å². The molecule has 1 saturated heterocycles. The first-order chi connectivity index (χ1) is 17.7. The van der Waals surface area contributed by atoms with Gasteiger partial charge in [0, 0.05) is 37.2 Å². The predicted molar refractivity (Wildman–Crippen MR) is 172 cm³/mol. The van der Waals surface area contributed by atoms with Crippen LogP contribution in [0.5, 0.6) is 5.75 Å². The van der Waals surface area contributed by atoms with E-state index in [0.717, 1.165) is 53.7 Å². The highest BCUT2D eigenvalue weighted by Gasteiger charge is 2.21. The lowest BCUT2D eigenvalue weighted by atomic mass is 10.0. The molecule has 4 rings (SSSR count). The number of likely N-dealkylation sites (N-methyl/N-ethyl adjacent to an activating group) is 1. The maximum absolute atomic E-state index is 13.2. The Kier molecular flexibility index (Phi) is 13.7. The number of fused-ring (bicyclic) bond motifs is 1. The molecule has 3 aromatic carbocycles. The van der Waals surface area contributed by atoms with Crippen LogP contribution in [0.25, 0.3) is 10.8 Å². The molecule has 0 bridgehead atoms. The van der Waals surface area contributed by atoms with E-state index >= 15 is 0 Å². The van der Waals surface area contributed by atoms with E-state index in [1.54, 1.807) is 4.90 Å². The molecule has 0 aliphatic carbocycles. The van der Waals surface area contributed by atoms with Gasteiger partial charge < -0.3 is 25.2 Å². The summed E-state index contributed by atoms with van der Waals surface area (Å²) in [4.78, 5) is 19.0. The number of hydrogen-bond donors (Lipinski definition) is 3. The summed E-state index contributed by atoms with van der Waals surface area (Å²) in [5.74, 6) is 1.44. The molecule has 0 saturated carbocycles. The third kappa shape index (κ3) is 8.99. The third-order valence-electron chi connectivity index (χ3n) is 6.68. The second-order valence-corrected chi connectivity index (χ2v) is 9.91. The van der Waals surface area contributed by atoms with Gasteiger partial charge in [-0.3, -0.25) is 15.6 Å². The zero-order valence-electron chi connectivity index (χ0n) is 23.1. The number of carbonyl (C=O) groups excluding carboxylic acids is 1. The van der Waals surface area contributed by atoms with Crippen LogP contribution in [0.1, 0.15) is 30.9 Å². The van der Waals surface area contributed by atoms with Crippen LogP contribution in [0.4, 0.5) is 5.69 Å². The maximum atomic E-state index is 13.2. The van der Waals surface area contributed by atoms with Crippen molar-refractivity contribution in [3.8, 4) is 5.75 Å². The molecule has 1 fully saturated rings. The van der Waals surface area contributed by atoms with Gasteiger partial charge in [-0.15, -0.1) is 37.2 Å².